The van der Waals surface area contributed by atoms with Crippen molar-refractivity contribution in [3.8, 4) is 0 Å². The van der Waals surface area contributed by atoms with Crippen LogP contribution in [0.1, 0.15) is 23.6 Å². The molecule has 1 amide bonds. The fourth-order valence-corrected chi connectivity index (χ4v) is 2.05. The van der Waals surface area contributed by atoms with Gasteiger partial charge in [0.2, 0.25) is 10.1 Å². The molecule has 0 saturated carbocycles. The van der Waals surface area contributed by atoms with Crippen LogP contribution in [0.3, 0.4) is 0 Å². The van der Waals surface area contributed by atoms with Crippen molar-refractivity contribution < 1.29 is 9.53 Å². The summed E-state index contributed by atoms with van der Waals surface area (Å²) < 4.78 is 4.97. The number of aromatic nitrogens is 2. The zero-order valence-corrected chi connectivity index (χ0v) is 11.2. The van der Waals surface area contributed by atoms with Gasteiger partial charge in [0.1, 0.15) is 0 Å². The minimum Gasteiger partial charge on any atom is -0.383 e. The normalized spacial score (nSPS) is 10.3. The first kappa shape index (κ1) is 13.9. The van der Waals surface area contributed by atoms with Crippen LogP contribution in [0, 0.1) is 0 Å². The first-order valence-corrected chi connectivity index (χ1v) is 6.40. The lowest BCUT2D eigenvalue weighted by atomic mass is 10.4. The average molecular weight is 258 g/mol. The lowest BCUT2D eigenvalue weighted by Gasteiger charge is -2.18. The number of anilines is 1. The van der Waals surface area contributed by atoms with Crippen LogP contribution in [-0.2, 0) is 4.74 Å². The molecule has 96 valence electrons. The van der Waals surface area contributed by atoms with Crippen molar-refractivity contribution in [1.29, 1.82) is 0 Å². The molecule has 1 rings (SSSR count). The monoisotopic (exact) mass is 258 g/mol. The van der Waals surface area contributed by atoms with Gasteiger partial charge in [-0.1, -0.05) is 11.3 Å². The smallest absolute Gasteiger partial charge is 0.284 e. The van der Waals surface area contributed by atoms with E-state index in [0.29, 0.717) is 29.8 Å². The number of likely N-dealkylation sites (N-methyl/N-ethyl adjacent to an activating group) is 1. The highest BCUT2D eigenvalue weighted by Gasteiger charge is 2.18. The molecular weight excluding hydrogens is 240 g/mol. The van der Waals surface area contributed by atoms with E-state index in [0.717, 1.165) is 6.54 Å². The van der Waals surface area contributed by atoms with Gasteiger partial charge in [-0.2, -0.15) is 0 Å². The lowest BCUT2D eigenvalue weighted by molar-refractivity contribution is 0.0705. The molecule has 0 unspecified atom stereocenters. The number of carbonyl (C=O) groups is 1. The Labute approximate surface area is 105 Å². The summed E-state index contributed by atoms with van der Waals surface area (Å²) in [6.07, 6.45) is 0. The zero-order chi connectivity index (χ0) is 12.7. The first-order chi connectivity index (χ1) is 8.22. The maximum absolute atomic E-state index is 12.0. The number of nitrogens with one attached hydrogen (secondary N) is 1. The molecule has 0 saturated heterocycles. The Morgan fingerprint density at radius 2 is 2.24 bits per heavy atom. The van der Waals surface area contributed by atoms with E-state index in [2.05, 4.69) is 15.5 Å². The van der Waals surface area contributed by atoms with E-state index in [1.807, 2.05) is 13.8 Å². The Hall–Kier alpha value is -1.21. The van der Waals surface area contributed by atoms with Crippen molar-refractivity contribution in [1.82, 2.24) is 15.1 Å². The highest BCUT2D eigenvalue weighted by Crippen LogP contribution is 2.16. The summed E-state index contributed by atoms with van der Waals surface area (Å²) in [5.74, 6) is -0.0915. The SMILES string of the molecule is CCNc1nnc(C(=O)N(CC)CCOC)s1. The van der Waals surface area contributed by atoms with Crippen molar-refractivity contribution in [3.05, 3.63) is 5.01 Å². The Balaban J connectivity index is 2.65. The number of methoxy groups -OCH3 is 1. The summed E-state index contributed by atoms with van der Waals surface area (Å²) in [4.78, 5) is 13.7. The van der Waals surface area contributed by atoms with Crippen LogP contribution in [0.5, 0.6) is 0 Å². The predicted octanol–water partition coefficient (Wildman–Crippen LogP) is 1.08. The first-order valence-electron chi connectivity index (χ1n) is 5.58. The van der Waals surface area contributed by atoms with Crippen LogP contribution in [0.2, 0.25) is 0 Å². The average Bonchev–Trinajstić information content (AvgIpc) is 2.79. The second-order valence-corrected chi connectivity index (χ2v) is 4.30. The fourth-order valence-electron chi connectivity index (χ4n) is 1.27. The number of amides is 1. The van der Waals surface area contributed by atoms with Crippen molar-refractivity contribution in [3.63, 3.8) is 0 Å². The lowest BCUT2D eigenvalue weighted by Crippen LogP contribution is -2.33. The summed E-state index contributed by atoms with van der Waals surface area (Å²) in [5.41, 5.74) is 0. The van der Waals surface area contributed by atoms with Crippen LogP contribution in [-0.4, -0.2) is 54.4 Å². The molecule has 0 aliphatic heterocycles. The largest absolute Gasteiger partial charge is 0.383 e. The molecule has 0 bridgehead atoms. The molecular formula is C10H18N4O2S. The molecule has 0 aliphatic rings. The second-order valence-electron chi connectivity index (χ2n) is 3.32. The summed E-state index contributed by atoms with van der Waals surface area (Å²) in [6.45, 7) is 6.41. The highest BCUT2D eigenvalue weighted by molar-refractivity contribution is 7.17. The summed E-state index contributed by atoms with van der Waals surface area (Å²) >= 11 is 1.28. The zero-order valence-electron chi connectivity index (χ0n) is 10.4. The molecule has 1 N–H and O–H groups in total. The van der Waals surface area contributed by atoms with Crippen LogP contribution in [0.15, 0.2) is 0 Å². The standard InChI is InChI=1S/C10H18N4O2S/c1-4-11-10-13-12-8(17-10)9(15)14(5-2)6-7-16-3/h4-7H2,1-3H3,(H,11,13). The van der Waals surface area contributed by atoms with Gasteiger partial charge >= 0.3 is 0 Å². The third kappa shape index (κ3) is 3.94. The minimum absolute atomic E-state index is 0.0915. The Morgan fingerprint density at radius 3 is 2.82 bits per heavy atom. The molecule has 1 heterocycles. The third-order valence-electron chi connectivity index (χ3n) is 2.17. The van der Waals surface area contributed by atoms with Crippen molar-refractivity contribution in [2.45, 2.75) is 13.8 Å². The third-order valence-corrected chi connectivity index (χ3v) is 3.04. The van der Waals surface area contributed by atoms with Crippen LogP contribution in [0.25, 0.3) is 0 Å². The number of ether oxygens (including phenoxy) is 1. The van der Waals surface area contributed by atoms with Gasteiger partial charge in [0, 0.05) is 26.7 Å². The van der Waals surface area contributed by atoms with Crippen LogP contribution in [0.4, 0.5) is 5.13 Å². The number of rotatable bonds is 7. The molecule has 0 radical (unpaired) electrons. The van der Waals surface area contributed by atoms with Crippen molar-refractivity contribution >= 4 is 22.4 Å². The minimum atomic E-state index is -0.0915. The van der Waals surface area contributed by atoms with Gasteiger partial charge in [0.05, 0.1) is 6.61 Å². The molecule has 6 nitrogen and oxygen atoms in total. The van der Waals surface area contributed by atoms with Gasteiger partial charge in [-0.25, -0.2) is 0 Å². The summed E-state index contributed by atoms with van der Waals surface area (Å²) in [7, 11) is 1.62. The topological polar surface area (TPSA) is 67.4 Å². The molecule has 17 heavy (non-hydrogen) atoms. The van der Waals surface area contributed by atoms with E-state index in [9.17, 15) is 4.79 Å². The van der Waals surface area contributed by atoms with Crippen molar-refractivity contribution in [2.24, 2.45) is 0 Å². The molecule has 0 atom stereocenters. The van der Waals surface area contributed by atoms with E-state index < -0.39 is 0 Å². The molecule has 1 aromatic heterocycles. The van der Waals surface area contributed by atoms with Gasteiger partial charge in [0.25, 0.3) is 5.91 Å². The summed E-state index contributed by atoms with van der Waals surface area (Å²) in [5, 5.41) is 11.9. The molecule has 1 aromatic rings. The molecule has 0 aliphatic carbocycles. The van der Waals surface area contributed by atoms with E-state index in [1.165, 1.54) is 11.3 Å². The van der Waals surface area contributed by atoms with E-state index in [1.54, 1.807) is 12.0 Å². The molecule has 0 aromatic carbocycles. The fraction of sp³-hybridized carbons (Fsp3) is 0.700. The Bertz CT molecular complexity index is 356. The quantitative estimate of drug-likeness (QED) is 0.792. The van der Waals surface area contributed by atoms with E-state index >= 15 is 0 Å². The van der Waals surface area contributed by atoms with Crippen LogP contribution >= 0.6 is 11.3 Å². The Kier molecular flexibility index (Phi) is 5.85. The number of hydrogen-bond acceptors (Lipinski definition) is 6. The van der Waals surface area contributed by atoms with E-state index in [-0.39, 0.29) is 5.91 Å². The van der Waals surface area contributed by atoms with Crippen LogP contribution < -0.4 is 5.32 Å². The second kappa shape index (κ2) is 7.18. The van der Waals surface area contributed by atoms with Gasteiger partial charge in [-0.05, 0) is 13.8 Å². The molecule has 0 fully saturated rings. The molecule has 7 heteroatoms. The van der Waals surface area contributed by atoms with Gasteiger partial charge < -0.3 is 15.0 Å². The number of hydrogen-bond donors (Lipinski definition) is 1. The number of nitrogens with zero attached hydrogens (tertiary/aromatic N) is 3. The highest BCUT2D eigenvalue weighted by atomic mass is 32.1. The van der Waals surface area contributed by atoms with Crippen molar-refractivity contribution in [2.75, 3.05) is 38.7 Å². The van der Waals surface area contributed by atoms with Gasteiger partial charge in [-0.3, -0.25) is 4.79 Å². The summed E-state index contributed by atoms with van der Waals surface area (Å²) in [6, 6.07) is 0. The number of carbonyl (C=O) groups excluding carboxylic acids is 1. The van der Waals surface area contributed by atoms with E-state index in [4.69, 9.17) is 4.74 Å². The molecule has 0 spiro atoms. The Morgan fingerprint density at radius 1 is 1.47 bits per heavy atom. The maximum atomic E-state index is 12.0. The maximum Gasteiger partial charge on any atom is 0.284 e. The predicted molar refractivity (Wildman–Crippen MR) is 67.5 cm³/mol. The van der Waals surface area contributed by atoms with Gasteiger partial charge in [0.15, 0.2) is 0 Å². The van der Waals surface area contributed by atoms with Gasteiger partial charge in [-0.15, -0.1) is 10.2 Å².